The van der Waals surface area contributed by atoms with Crippen LogP contribution in [0.4, 0.5) is 24.5 Å². The van der Waals surface area contributed by atoms with E-state index in [1.165, 1.54) is 37.8 Å². The maximum absolute atomic E-state index is 13.0. The fourth-order valence-electron chi connectivity index (χ4n) is 3.60. The van der Waals surface area contributed by atoms with Gasteiger partial charge >= 0.3 is 6.18 Å². The van der Waals surface area contributed by atoms with Gasteiger partial charge in [0.15, 0.2) is 0 Å². The van der Waals surface area contributed by atoms with Crippen molar-refractivity contribution in [3.05, 3.63) is 23.8 Å². The van der Waals surface area contributed by atoms with E-state index in [4.69, 9.17) is 4.74 Å². The molecular weight excluding hydrogens is 411 g/mol. The van der Waals surface area contributed by atoms with Crippen molar-refractivity contribution in [3.8, 4) is 0 Å². The Kier molecular flexibility index (Phi) is 10.1. The molecule has 8 heteroatoms. The second-order valence-electron chi connectivity index (χ2n) is 8.32. The van der Waals surface area contributed by atoms with Crippen LogP contribution in [0.5, 0.6) is 0 Å². The quantitative estimate of drug-likeness (QED) is 0.559. The van der Waals surface area contributed by atoms with Gasteiger partial charge in [-0.15, -0.1) is 0 Å². The lowest BCUT2D eigenvalue weighted by molar-refractivity contribution is -0.137. The fourth-order valence-corrected chi connectivity index (χ4v) is 4.30. The minimum atomic E-state index is -4.33. The Morgan fingerprint density at radius 2 is 1.73 bits per heavy atom. The molecule has 172 valence electrons. The predicted molar refractivity (Wildman–Crippen MR) is 121 cm³/mol. The van der Waals surface area contributed by atoms with E-state index >= 15 is 0 Å². The molecule has 1 aliphatic carbocycles. The van der Waals surface area contributed by atoms with Crippen LogP contribution >= 0.6 is 11.9 Å². The maximum Gasteiger partial charge on any atom is 0.418 e. The summed E-state index contributed by atoms with van der Waals surface area (Å²) in [5, 5.41) is 3.57. The lowest BCUT2D eigenvalue weighted by atomic mass is 9.88. The molecule has 1 aliphatic heterocycles. The van der Waals surface area contributed by atoms with Gasteiger partial charge in [0.25, 0.3) is 0 Å². The van der Waals surface area contributed by atoms with Crippen LogP contribution in [0.1, 0.15) is 52.0 Å². The minimum Gasteiger partial charge on any atom is -0.388 e. The zero-order valence-electron chi connectivity index (χ0n) is 18.5. The van der Waals surface area contributed by atoms with E-state index in [0.29, 0.717) is 37.2 Å². The summed E-state index contributed by atoms with van der Waals surface area (Å²) in [5.74, 6) is 0.965. The summed E-state index contributed by atoms with van der Waals surface area (Å²) in [4.78, 5) is 1.72. The van der Waals surface area contributed by atoms with E-state index in [1.54, 1.807) is 11.9 Å². The van der Waals surface area contributed by atoms with E-state index in [-0.39, 0.29) is 5.69 Å². The van der Waals surface area contributed by atoms with Crippen LogP contribution in [-0.2, 0) is 10.9 Å². The lowest BCUT2D eigenvalue weighted by Crippen LogP contribution is -2.37. The number of alkyl halides is 3. The number of nitrogens with zero attached hydrogens (tertiary/aromatic N) is 1. The minimum absolute atomic E-state index is 0.220. The summed E-state index contributed by atoms with van der Waals surface area (Å²) in [6.45, 7) is 8.73. The Balaban J connectivity index is 0.000000232. The first-order valence-electron chi connectivity index (χ1n) is 10.8. The molecule has 2 N–H and O–H groups in total. The van der Waals surface area contributed by atoms with Crippen LogP contribution < -0.4 is 14.9 Å². The summed E-state index contributed by atoms with van der Waals surface area (Å²) in [5.41, 5.74) is 0.297. The first kappa shape index (κ1) is 25.1. The van der Waals surface area contributed by atoms with Crippen LogP contribution in [0, 0.1) is 5.92 Å². The number of anilines is 2. The number of hydrogen-bond donors (Lipinski definition) is 2. The van der Waals surface area contributed by atoms with Crippen molar-refractivity contribution in [3.63, 3.8) is 0 Å². The highest BCUT2D eigenvalue weighted by Gasteiger charge is 2.35. The zero-order valence-corrected chi connectivity index (χ0v) is 19.3. The van der Waals surface area contributed by atoms with Crippen LogP contribution in [0.2, 0.25) is 0 Å². The smallest absolute Gasteiger partial charge is 0.388 e. The van der Waals surface area contributed by atoms with E-state index in [9.17, 15) is 13.2 Å². The van der Waals surface area contributed by atoms with Gasteiger partial charge in [-0.3, -0.25) is 4.72 Å². The van der Waals surface area contributed by atoms with Crippen molar-refractivity contribution < 1.29 is 17.9 Å². The van der Waals surface area contributed by atoms with Gasteiger partial charge in [-0.2, -0.15) is 13.2 Å². The summed E-state index contributed by atoms with van der Waals surface area (Å²) in [7, 11) is 1.69. The van der Waals surface area contributed by atoms with Crippen LogP contribution in [0.3, 0.4) is 0 Å². The molecule has 0 atom stereocenters. The summed E-state index contributed by atoms with van der Waals surface area (Å²) in [6.07, 6.45) is 1.24. The molecule has 30 heavy (non-hydrogen) atoms. The molecule has 0 radical (unpaired) electrons. The van der Waals surface area contributed by atoms with Crippen LogP contribution in [-0.4, -0.2) is 44.6 Å². The highest BCUT2D eigenvalue weighted by atomic mass is 32.2. The molecule has 2 aliphatic rings. The standard InChI is InChI=1S/C12H15F3N2O.C10H21NS/c1-16-9-2-3-10(12(13,14)15)11(8-9)17-4-6-18-7-5-17;1-8(2)12-11-10-6-4-9(3)5-7-10/h2-3,8,16H,4-7H2,1H3;8-11H,4-7H2,1-3H3. The summed E-state index contributed by atoms with van der Waals surface area (Å²) in [6, 6.07) is 4.88. The third kappa shape index (κ3) is 8.19. The van der Waals surface area contributed by atoms with Gasteiger partial charge in [0.1, 0.15) is 0 Å². The van der Waals surface area contributed by atoms with Gasteiger partial charge in [-0.25, -0.2) is 0 Å². The van der Waals surface area contributed by atoms with Crippen molar-refractivity contribution in [2.45, 2.75) is 63.9 Å². The Morgan fingerprint density at radius 3 is 2.27 bits per heavy atom. The number of rotatable bonds is 5. The average Bonchev–Trinajstić information content (AvgIpc) is 2.73. The van der Waals surface area contributed by atoms with E-state index in [0.717, 1.165) is 18.0 Å². The molecule has 1 saturated heterocycles. The third-order valence-corrected chi connectivity index (χ3v) is 6.37. The molecule has 2 fully saturated rings. The normalized spacial score (nSPS) is 22.5. The zero-order chi connectivity index (χ0) is 22.1. The monoisotopic (exact) mass is 447 g/mol. The van der Waals surface area contributed by atoms with Gasteiger partial charge in [0.2, 0.25) is 0 Å². The summed E-state index contributed by atoms with van der Waals surface area (Å²) < 4.78 is 47.6. The van der Waals surface area contributed by atoms with Gasteiger partial charge in [0, 0.05) is 37.1 Å². The van der Waals surface area contributed by atoms with Crippen molar-refractivity contribution in [1.82, 2.24) is 4.72 Å². The first-order valence-corrected chi connectivity index (χ1v) is 11.7. The highest BCUT2D eigenvalue weighted by Crippen LogP contribution is 2.38. The molecule has 1 aromatic carbocycles. The number of nitrogens with one attached hydrogen (secondary N) is 2. The van der Waals surface area contributed by atoms with E-state index in [2.05, 4.69) is 30.8 Å². The number of halogens is 3. The number of morpholine rings is 1. The van der Waals surface area contributed by atoms with Crippen molar-refractivity contribution in [2.75, 3.05) is 43.6 Å². The topological polar surface area (TPSA) is 36.5 Å². The molecule has 0 unspecified atom stereocenters. The number of benzene rings is 1. The Bertz CT molecular complexity index is 629. The molecule has 3 rings (SSSR count). The Hall–Kier alpha value is -1.12. The van der Waals surface area contributed by atoms with Crippen molar-refractivity contribution in [2.24, 2.45) is 5.92 Å². The molecule has 0 bridgehead atoms. The Labute approximate surface area is 183 Å². The Morgan fingerprint density at radius 1 is 1.10 bits per heavy atom. The van der Waals surface area contributed by atoms with Crippen LogP contribution in [0.25, 0.3) is 0 Å². The molecule has 4 nitrogen and oxygen atoms in total. The van der Waals surface area contributed by atoms with Crippen LogP contribution in [0.15, 0.2) is 18.2 Å². The SMILES string of the molecule is CC1CCC(NSC(C)C)CC1.CNc1ccc(C(F)(F)F)c(N2CCOCC2)c1. The number of ether oxygens (including phenoxy) is 1. The van der Waals surface area contributed by atoms with E-state index in [1.807, 2.05) is 11.9 Å². The number of hydrogen-bond acceptors (Lipinski definition) is 5. The highest BCUT2D eigenvalue weighted by molar-refractivity contribution is 7.98. The summed E-state index contributed by atoms with van der Waals surface area (Å²) >= 11 is 1.89. The van der Waals surface area contributed by atoms with Gasteiger partial charge in [-0.05, 0) is 49.8 Å². The first-order chi connectivity index (χ1) is 14.2. The average molecular weight is 448 g/mol. The van der Waals surface area contributed by atoms with Gasteiger partial charge in [0.05, 0.1) is 24.5 Å². The third-order valence-electron chi connectivity index (χ3n) is 5.43. The fraction of sp³-hybridized carbons (Fsp3) is 0.727. The molecule has 1 aromatic rings. The second-order valence-corrected chi connectivity index (χ2v) is 9.73. The second kappa shape index (κ2) is 12.1. The molecule has 1 saturated carbocycles. The maximum atomic E-state index is 13.0. The molecule has 1 heterocycles. The van der Waals surface area contributed by atoms with Crippen molar-refractivity contribution >= 4 is 23.3 Å². The largest absolute Gasteiger partial charge is 0.418 e. The molecule has 0 aromatic heterocycles. The van der Waals surface area contributed by atoms with Crippen molar-refractivity contribution in [1.29, 1.82) is 0 Å². The molecular formula is C22H36F3N3OS. The molecule has 0 spiro atoms. The van der Waals surface area contributed by atoms with E-state index < -0.39 is 11.7 Å². The van der Waals surface area contributed by atoms with Gasteiger partial charge < -0.3 is 15.0 Å². The predicted octanol–water partition coefficient (Wildman–Crippen LogP) is 5.80. The molecule has 0 amide bonds. The van der Waals surface area contributed by atoms with Gasteiger partial charge in [-0.1, -0.05) is 32.7 Å². The lowest BCUT2D eigenvalue weighted by Gasteiger charge is -2.31.